The molecular formula is C28H37N3O5. The van der Waals surface area contributed by atoms with Crippen molar-refractivity contribution in [3.05, 3.63) is 104 Å². The summed E-state index contributed by atoms with van der Waals surface area (Å²) in [4.78, 5) is 27.3. The van der Waals surface area contributed by atoms with Gasteiger partial charge >= 0.3 is 5.69 Å². The number of aromatic amines is 1. The third-order valence-electron chi connectivity index (χ3n) is 6.58. The van der Waals surface area contributed by atoms with Crippen LogP contribution in [-0.2, 0) is 27.4 Å². The zero-order valence-electron chi connectivity index (χ0n) is 21.7. The maximum Gasteiger partial charge on any atom is 0.329 e. The molecule has 1 heterocycles. The molecule has 194 valence electrons. The van der Waals surface area contributed by atoms with Crippen LogP contribution in [0.3, 0.4) is 0 Å². The van der Waals surface area contributed by atoms with E-state index < -0.39 is 29.1 Å². The summed E-state index contributed by atoms with van der Waals surface area (Å²) in [6, 6.07) is 19.7. The van der Waals surface area contributed by atoms with Crippen LogP contribution in [0.15, 0.2) is 76.4 Å². The van der Waals surface area contributed by atoms with Crippen LogP contribution in [-0.4, -0.2) is 42.0 Å². The summed E-state index contributed by atoms with van der Waals surface area (Å²) in [7, 11) is 3.39. The highest BCUT2D eigenvalue weighted by Crippen LogP contribution is 2.34. The van der Waals surface area contributed by atoms with Gasteiger partial charge in [0.2, 0.25) is 0 Å². The Morgan fingerprint density at radius 1 is 0.972 bits per heavy atom. The molecule has 1 unspecified atom stereocenters. The monoisotopic (exact) mass is 495 g/mol. The minimum Gasteiger partial charge on any atom is -0.374 e. The van der Waals surface area contributed by atoms with E-state index in [1.165, 1.54) is 4.57 Å². The fourth-order valence-electron chi connectivity index (χ4n) is 4.38. The van der Waals surface area contributed by atoms with E-state index in [0.29, 0.717) is 18.8 Å². The van der Waals surface area contributed by atoms with E-state index >= 15 is 0 Å². The van der Waals surface area contributed by atoms with Gasteiger partial charge in [0.05, 0.1) is 19.8 Å². The van der Waals surface area contributed by atoms with Crippen molar-refractivity contribution in [3.63, 3.8) is 0 Å². The van der Waals surface area contributed by atoms with Crippen molar-refractivity contribution in [2.75, 3.05) is 20.8 Å². The number of aryl methyl sites for hydroxylation is 1. The molecule has 0 spiro atoms. The molecule has 8 nitrogen and oxygen atoms in total. The van der Waals surface area contributed by atoms with Crippen LogP contribution >= 0.6 is 0 Å². The predicted molar refractivity (Wildman–Crippen MR) is 140 cm³/mol. The van der Waals surface area contributed by atoms with E-state index in [-0.39, 0.29) is 12.5 Å². The molecule has 3 rings (SSSR count). The molecule has 0 amide bonds. The number of nitrogens with one attached hydrogen (secondary N) is 2. The van der Waals surface area contributed by atoms with Crippen LogP contribution in [0.2, 0.25) is 0 Å². The van der Waals surface area contributed by atoms with Crippen LogP contribution in [0, 0.1) is 12.8 Å². The molecule has 0 aliphatic carbocycles. The smallest absolute Gasteiger partial charge is 0.329 e. The summed E-state index contributed by atoms with van der Waals surface area (Å²) in [5.41, 5.74) is 0.579. The number of benzene rings is 2. The molecule has 8 heteroatoms. The van der Waals surface area contributed by atoms with Gasteiger partial charge in [-0.2, -0.15) is 0 Å². The van der Waals surface area contributed by atoms with E-state index in [1.54, 1.807) is 27.3 Å². The number of likely N-dealkylation sites (N-methyl/N-ethyl adjacent to an activating group) is 1. The Bertz CT molecular complexity index is 1190. The molecule has 1 aromatic heterocycles. The molecule has 2 N–H and O–H groups in total. The molecule has 2 aromatic carbocycles. The van der Waals surface area contributed by atoms with Gasteiger partial charge in [-0.25, -0.2) is 4.79 Å². The van der Waals surface area contributed by atoms with Crippen molar-refractivity contribution in [1.82, 2.24) is 14.9 Å². The fourth-order valence-corrected chi connectivity index (χ4v) is 4.38. The van der Waals surface area contributed by atoms with Crippen molar-refractivity contribution < 1.29 is 14.2 Å². The van der Waals surface area contributed by atoms with Gasteiger partial charge in [0.15, 0.2) is 0 Å². The first-order valence-corrected chi connectivity index (χ1v) is 12.1. The second kappa shape index (κ2) is 12.8. The minimum atomic E-state index is -0.930. The third kappa shape index (κ3) is 6.39. The number of H-pyrrole nitrogens is 1. The Labute approximate surface area is 212 Å². The highest BCUT2D eigenvalue weighted by Gasteiger charge is 2.48. The SMILES string of the molecule is CN[C@H]([C@H](OCc1ccccc1)C(COCc1ccccc1)(OC)C(C)C)n1cc(C)c(=O)[nH]c1=O. The van der Waals surface area contributed by atoms with Gasteiger partial charge in [-0.15, -0.1) is 0 Å². The first-order chi connectivity index (χ1) is 17.3. The van der Waals surface area contributed by atoms with E-state index in [2.05, 4.69) is 10.3 Å². The lowest BCUT2D eigenvalue weighted by atomic mass is 9.83. The van der Waals surface area contributed by atoms with Gasteiger partial charge < -0.3 is 14.2 Å². The molecule has 0 bridgehead atoms. The van der Waals surface area contributed by atoms with E-state index in [9.17, 15) is 9.59 Å². The molecule has 0 radical (unpaired) electrons. The van der Waals surface area contributed by atoms with E-state index in [4.69, 9.17) is 14.2 Å². The average molecular weight is 496 g/mol. The largest absolute Gasteiger partial charge is 0.374 e. The summed E-state index contributed by atoms with van der Waals surface area (Å²) < 4.78 is 20.4. The van der Waals surface area contributed by atoms with Gasteiger partial charge in [-0.3, -0.25) is 19.7 Å². The van der Waals surface area contributed by atoms with Gasteiger partial charge in [0.1, 0.15) is 17.9 Å². The second-order valence-electron chi connectivity index (χ2n) is 9.22. The standard InChI is InChI=1S/C28H37N3O5/c1-20(2)28(34-5,19-35-17-22-12-8-6-9-13-22)24(36-18-23-14-10-7-11-15-23)25(29-4)31-16-21(3)26(32)30-27(31)33/h6-16,20,24-25,29H,17-19H2,1-5H3,(H,30,32,33)/t24-,25-,28?/m0/s1. The number of ether oxygens (including phenoxy) is 3. The van der Waals surface area contributed by atoms with Crippen molar-refractivity contribution in [2.24, 2.45) is 5.92 Å². The summed E-state index contributed by atoms with van der Waals surface area (Å²) in [6.45, 7) is 6.69. The van der Waals surface area contributed by atoms with Crippen molar-refractivity contribution in [2.45, 2.75) is 51.9 Å². The van der Waals surface area contributed by atoms with Crippen LogP contribution in [0.5, 0.6) is 0 Å². The quantitative estimate of drug-likeness (QED) is 0.377. The first-order valence-electron chi connectivity index (χ1n) is 12.1. The van der Waals surface area contributed by atoms with Gasteiger partial charge in [-0.05, 0) is 31.0 Å². The lowest BCUT2D eigenvalue weighted by Gasteiger charge is -2.45. The molecule has 0 saturated heterocycles. The normalized spacial score (nSPS) is 14.9. The molecule has 0 saturated carbocycles. The Hall–Kier alpha value is -3.04. The highest BCUT2D eigenvalue weighted by atomic mass is 16.6. The highest BCUT2D eigenvalue weighted by molar-refractivity contribution is 5.15. The van der Waals surface area contributed by atoms with Crippen molar-refractivity contribution in [3.8, 4) is 0 Å². The molecular weight excluding hydrogens is 458 g/mol. The number of methoxy groups -OCH3 is 1. The molecule has 3 aromatic rings. The molecule has 0 aliphatic heterocycles. The number of rotatable bonds is 13. The molecule has 3 atom stereocenters. The summed E-state index contributed by atoms with van der Waals surface area (Å²) in [5, 5.41) is 3.23. The topological polar surface area (TPSA) is 94.6 Å². The molecule has 36 heavy (non-hydrogen) atoms. The summed E-state index contributed by atoms with van der Waals surface area (Å²) in [6.07, 6.45) is 0.234. The lowest BCUT2D eigenvalue weighted by molar-refractivity contribution is -0.205. The molecule has 0 aliphatic rings. The van der Waals surface area contributed by atoms with Crippen molar-refractivity contribution in [1.29, 1.82) is 0 Å². The van der Waals surface area contributed by atoms with Crippen LogP contribution in [0.4, 0.5) is 0 Å². The predicted octanol–water partition coefficient (Wildman–Crippen LogP) is 3.41. The van der Waals surface area contributed by atoms with Crippen LogP contribution in [0.1, 0.15) is 36.7 Å². The van der Waals surface area contributed by atoms with Crippen LogP contribution in [0.25, 0.3) is 0 Å². The second-order valence-corrected chi connectivity index (χ2v) is 9.22. The Balaban J connectivity index is 2.02. The zero-order valence-corrected chi connectivity index (χ0v) is 21.7. The fraction of sp³-hybridized carbons (Fsp3) is 0.429. The number of aromatic nitrogens is 2. The van der Waals surface area contributed by atoms with E-state index in [0.717, 1.165) is 11.1 Å². The van der Waals surface area contributed by atoms with Gasteiger partial charge in [-0.1, -0.05) is 74.5 Å². The van der Waals surface area contributed by atoms with Crippen molar-refractivity contribution >= 4 is 0 Å². The Morgan fingerprint density at radius 3 is 2.08 bits per heavy atom. The number of hydrogen-bond donors (Lipinski definition) is 2. The molecule has 0 fully saturated rings. The van der Waals surface area contributed by atoms with Gasteiger partial charge in [0, 0.05) is 18.9 Å². The van der Waals surface area contributed by atoms with Gasteiger partial charge in [0.25, 0.3) is 5.56 Å². The first kappa shape index (κ1) is 27.5. The van der Waals surface area contributed by atoms with Crippen LogP contribution < -0.4 is 16.6 Å². The third-order valence-corrected chi connectivity index (χ3v) is 6.58. The zero-order chi connectivity index (χ0) is 26.1. The lowest BCUT2D eigenvalue weighted by Crippen LogP contribution is -2.60. The Kier molecular flexibility index (Phi) is 9.78. The average Bonchev–Trinajstić information content (AvgIpc) is 2.88. The maximum absolute atomic E-state index is 12.9. The number of nitrogens with zero attached hydrogens (tertiary/aromatic N) is 1. The Morgan fingerprint density at radius 2 is 1.56 bits per heavy atom. The summed E-state index contributed by atoms with van der Waals surface area (Å²) >= 11 is 0. The van der Waals surface area contributed by atoms with E-state index in [1.807, 2.05) is 74.5 Å². The minimum absolute atomic E-state index is 0.0468. The summed E-state index contributed by atoms with van der Waals surface area (Å²) in [5.74, 6) is -0.0468. The maximum atomic E-state index is 12.9. The number of hydrogen-bond acceptors (Lipinski definition) is 6.